The number of amides is 1. The van der Waals surface area contributed by atoms with Crippen LogP contribution in [0.15, 0.2) is 30.5 Å². The van der Waals surface area contributed by atoms with Crippen molar-refractivity contribution in [2.75, 3.05) is 39.6 Å². The Bertz CT molecular complexity index is 748. The number of nitrogens with one attached hydrogen (secondary N) is 2. The molecule has 26 heavy (non-hydrogen) atoms. The lowest BCUT2D eigenvalue weighted by Crippen LogP contribution is -2.27. The standard InChI is InChI=1S/C19H25ClN4O2/c1-13-10-17(18(26-4)11-15(13)20)23-14-6-7-16(22-12-14)19(25)21-8-5-9-24(2)3/h6-7,10-12,23H,5,8-9H2,1-4H3,(H,21,25). The number of hydrogen-bond acceptors (Lipinski definition) is 5. The van der Waals surface area contributed by atoms with E-state index in [0.717, 1.165) is 29.9 Å². The van der Waals surface area contributed by atoms with Gasteiger partial charge in [-0.05, 0) is 57.7 Å². The molecule has 6 nitrogen and oxygen atoms in total. The molecule has 2 aromatic rings. The van der Waals surface area contributed by atoms with Crippen molar-refractivity contribution in [2.24, 2.45) is 0 Å². The van der Waals surface area contributed by atoms with E-state index < -0.39 is 0 Å². The zero-order chi connectivity index (χ0) is 19.1. The molecule has 0 saturated heterocycles. The molecule has 140 valence electrons. The summed E-state index contributed by atoms with van der Waals surface area (Å²) in [6.07, 6.45) is 2.52. The van der Waals surface area contributed by atoms with Gasteiger partial charge in [-0.25, -0.2) is 4.98 Å². The summed E-state index contributed by atoms with van der Waals surface area (Å²) in [4.78, 5) is 18.4. The topological polar surface area (TPSA) is 66.5 Å². The first-order valence-electron chi connectivity index (χ1n) is 8.41. The maximum Gasteiger partial charge on any atom is 0.269 e. The Morgan fingerprint density at radius 3 is 2.69 bits per heavy atom. The second kappa shape index (κ2) is 9.40. The van der Waals surface area contributed by atoms with Gasteiger partial charge in [0.15, 0.2) is 0 Å². The molecule has 0 unspecified atom stereocenters. The Labute approximate surface area is 159 Å². The summed E-state index contributed by atoms with van der Waals surface area (Å²) in [5.41, 5.74) is 2.88. The van der Waals surface area contributed by atoms with Crippen molar-refractivity contribution in [2.45, 2.75) is 13.3 Å². The number of methoxy groups -OCH3 is 1. The number of benzene rings is 1. The number of aryl methyl sites for hydroxylation is 1. The number of carbonyl (C=O) groups is 1. The van der Waals surface area contributed by atoms with Crippen LogP contribution in [0.4, 0.5) is 11.4 Å². The summed E-state index contributed by atoms with van der Waals surface area (Å²) in [5.74, 6) is 0.471. The highest BCUT2D eigenvalue weighted by molar-refractivity contribution is 6.31. The summed E-state index contributed by atoms with van der Waals surface area (Å²) in [6.45, 7) is 3.48. The Balaban J connectivity index is 1.99. The first kappa shape index (κ1) is 20.0. The Morgan fingerprint density at radius 1 is 1.31 bits per heavy atom. The zero-order valence-corrected chi connectivity index (χ0v) is 16.4. The highest BCUT2D eigenvalue weighted by atomic mass is 35.5. The van der Waals surface area contributed by atoms with E-state index >= 15 is 0 Å². The summed E-state index contributed by atoms with van der Waals surface area (Å²) in [6, 6.07) is 7.18. The molecule has 1 amide bonds. The number of aromatic nitrogens is 1. The van der Waals surface area contributed by atoms with Gasteiger partial charge in [0.1, 0.15) is 11.4 Å². The Kier molecular flexibility index (Phi) is 7.24. The zero-order valence-electron chi connectivity index (χ0n) is 15.6. The summed E-state index contributed by atoms with van der Waals surface area (Å²) >= 11 is 6.13. The third-order valence-corrected chi connectivity index (χ3v) is 4.23. The van der Waals surface area contributed by atoms with Gasteiger partial charge in [0.2, 0.25) is 0 Å². The first-order valence-corrected chi connectivity index (χ1v) is 8.78. The van der Waals surface area contributed by atoms with Crippen LogP contribution in [0.1, 0.15) is 22.5 Å². The van der Waals surface area contributed by atoms with Gasteiger partial charge in [0.05, 0.1) is 24.7 Å². The lowest BCUT2D eigenvalue weighted by Gasteiger charge is -2.13. The van der Waals surface area contributed by atoms with E-state index in [1.165, 1.54) is 0 Å². The molecule has 1 aromatic heterocycles. The third-order valence-electron chi connectivity index (χ3n) is 3.82. The summed E-state index contributed by atoms with van der Waals surface area (Å²) in [5, 5.41) is 6.76. The van der Waals surface area contributed by atoms with Crippen LogP contribution < -0.4 is 15.4 Å². The van der Waals surface area contributed by atoms with Gasteiger partial charge < -0.3 is 20.3 Å². The number of anilines is 2. The van der Waals surface area contributed by atoms with Crippen molar-refractivity contribution in [3.63, 3.8) is 0 Å². The van der Waals surface area contributed by atoms with Gasteiger partial charge in [-0.1, -0.05) is 11.6 Å². The molecule has 0 radical (unpaired) electrons. The SMILES string of the molecule is COc1cc(Cl)c(C)cc1Nc1ccc(C(=O)NCCCN(C)C)nc1. The van der Waals surface area contributed by atoms with Gasteiger partial charge in [-0.2, -0.15) is 0 Å². The smallest absolute Gasteiger partial charge is 0.269 e. The van der Waals surface area contributed by atoms with Crippen LogP contribution in [0.25, 0.3) is 0 Å². The number of rotatable bonds is 8. The predicted octanol–water partition coefficient (Wildman–Crippen LogP) is 3.48. The number of nitrogens with zero attached hydrogens (tertiary/aromatic N) is 2. The second-order valence-corrected chi connectivity index (χ2v) is 6.68. The average molecular weight is 377 g/mol. The number of carbonyl (C=O) groups excluding carboxylic acids is 1. The minimum absolute atomic E-state index is 0.171. The molecule has 0 aliphatic heterocycles. The molecule has 0 aliphatic rings. The van der Waals surface area contributed by atoms with Crippen molar-refractivity contribution >= 4 is 28.9 Å². The van der Waals surface area contributed by atoms with Crippen LogP contribution in [0.3, 0.4) is 0 Å². The number of hydrogen-bond donors (Lipinski definition) is 2. The van der Waals surface area contributed by atoms with E-state index in [0.29, 0.717) is 23.0 Å². The molecule has 2 rings (SSSR count). The molecular weight excluding hydrogens is 352 g/mol. The fourth-order valence-electron chi connectivity index (χ4n) is 2.38. The van der Waals surface area contributed by atoms with Crippen molar-refractivity contribution in [3.8, 4) is 5.75 Å². The van der Waals surface area contributed by atoms with Crippen LogP contribution >= 0.6 is 11.6 Å². The average Bonchev–Trinajstić information content (AvgIpc) is 2.62. The van der Waals surface area contributed by atoms with Crippen molar-refractivity contribution in [3.05, 3.63) is 46.7 Å². The van der Waals surface area contributed by atoms with E-state index in [-0.39, 0.29) is 5.91 Å². The Morgan fingerprint density at radius 2 is 2.08 bits per heavy atom. The normalized spacial score (nSPS) is 10.7. The minimum atomic E-state index is -0.171. The van der Waals surface area contributed by atoms with E-state index in [4.69, 9.17) is 16.3 Å². The van der Waals surface area contributed by atoms with Gasteiger partial charge in [0, 0.05) is 17.6 Å². The second-order valence-electron chi connectivity index (χ2n) is 6.27. The Hall–Kier alpha value is -2.31. The molecule has 1 aromatic carbocycles. The molecule has 0 fully saturated rings. The maximum atomic E-state index is 12.1. The maximum absolute atomic E-state index is 12.1. The number of pyridine rings is 1. The molecule has 0 bridgehead atoms. The summed E-state index contributed by atoms with van der Waals surface area (Å²) in [7, 11) is 5.60. The number of halogens is 1. The monoisotopic (exact) mass is 376 g/mol. The van der Waals surface area contributed by atoms with Crippen LogP contribution in [-0.4, -0.2) is 50.1 Å². The fraction of sp³-hybridized carbons (Fsp3) is 0.368. The van der Waals surface area contributed by atoms with E-state index in [9.17, 15) is 4.79 Å². The molecule has 0 spiro atoms. The van der Waals surface area contributed by atoms with Crippen molar-refractivity contribution < 1.29 is 9.53 Å². The van der Waals surface area contributed by atoms with Crippen LogP contribution in [0, 0.1) is 6.92 Å². The molecule has 7 heteroatoms. The lowest BCUT2D eigenvalue weighted by molar-refractivity contribution is 0.0947. The van der Waals surface area contributed by atoms with Crippen LogP contribution in [-0.2, 0) is 0 Å². The quantitative estimate of drug-likeness (QED) is 0.690. The van der Waals surface area contributed by atoms with Gasteiger partial charge in [-0.3, -0.25) is 4.79 Å². The molecular formula is C19H25ClN4O2. The van der Waals surface area contributed by atoms with Gasteiger partial charge >= 0.3 is 0 Å². The lowest BCUT2D eigenvalue weighted by atomic mass is 10.2. The molecule has 1 heterocycles. The highest BCUT2D eigenvalue weighted by Gasteiger charge is 2.09. The highest BCUT2D eigenvalue weighted by Crippen LogP contribution is 2.32. The van der Waals surface area contributed by atoms with E-state index in [2.05, 4.69) is 20.5 Å². The largest absolute Gasteiger partial charge is 0.495 e. The predicted molar refractivity (Wildman–Crippen MR) is 106 cm³/mol. The third kappa shape index (κ3) is 5.61. The van der Waals surface area contributed by atoms with E-state index in [1.54, 1.807) is 25.4 Å². The van der Waals surface area contributed by atoms with Gasteiger partial charge in [-0.15, -0.1) is 0 Å². The van der Waals surface area contributed by atoms with E-state index in [1.807, 2.05) is 33.2 Å². The molecule has 0 saturated carbocycles. The van der Waals surface area contributed by atoms with Crippen LogP contribution in [0.2, 0.25) is 5.02 Å². The molecule has 2 N–H and O–H groups in total. The summed E-state index contributed by atoms with van der Waals surface area (Å²) < 4.78 is 5.35. The molecule has 0 atom stereocenters. The van der Waals surface area contributed by atoms with Gasteiger partial charge in [0.25, 0.3) is 5.91 Å². The van der Waals surface area contributed by atoms with Crippen LogP contribution in [0.5, 0.6) is 5.75 Å². The fourth-order valence-corrected chi connectivity index (χ4v) is 2.53. The van der Waals surface area contributed by atoms with Crippen molar-refractivity contribution in [1.82, 2.24) is 15.2 Å². The minimum Gasteiger partial charge on any atom is -0.495 e. The number of ether oxygens (including phenoxy) is 1. The molecule has 0 aliphatic carbocycles. The first-order chi connectivity index (χ1) is 12.4. The van der Waals surface area contributed by atoms with Crippen molar-refractivity contribution in [1.29, 1.82) is 0 Å².